The van der Waals surface area contributed by atoms with Gasteiger partial charge in [0.15, 0.2) is 5.82 Å². The summed E-state index contributed by atoms with van der Waals surface area (Å²) in [5.41, 5.74) is 6.12. The van der Waals surface area contributed by atoms with Crippen molar-refractivity contribution >= 4 is 11.7 Å². The second-order valence-electron chi connectivity index (χ2n) is 5.02. The van der Waals surface area contributed by atoms with Crippen molar-refractivity contribution in [1.82, 2.24) is 9.97 Å². The average molecular weight is 232 g/mol. The molecule has 3 rings (SSSR count). The minimum Gasteiger partial charge on any atom is -0.327 e. The number of fused-ring (bicyclic) bond motifs is 2. The van der Waals surface area contributed by atoms with E-state index in [1.54, 1.807) is 18.6 Å². The third-order valence-corrected chi connectivity index (χ3v) is 4.10. The Kier molecular flexibility index (Phi) is 2.55. The van der Waals surface area contributed by atoms with Crippen molar-refractivity contribution in [2.24, 2.45) is 23.5 Å². The van der Waals surface area contributed by atoms with Crippen LogP contribution in [-0.2, 0) is 4.79 Å². The van der Waals surface area contributed by atoms with E-state index in [0.29, 0.717) is 17.7 Å². The third-order valence-electron chi connectivity index (χ3n) is 4.10. The van der Waals surface area contributed by atoms with Gasteiger partial charge >= 0.3 is 0 Å². The van der Waals surface area contributed by atoms with Gasteiger partial charge in [0.2, 0.25) is 5.91 Å². The highest BCUT2D eigenvalue weighted by Crippen LogP contribution is 2.47. The van der Waals surface area contributed by atoms with Gasteiger partial charge in [-0.25, -0.2) is 4.98 Å². The minimum absolute atomic E-state index is 0.00481. The molecule has 1 heterocycles. The largest absolute Gasteiger partial charge is 0.327 e. The summed E-state index contributed by atoms with van der Waals surface area (Å²) in [7, 11) is 0. The maximum Gasteiger partial charge on any atom is 0.230 e. The molecule has 0 spiro atoms. The van der Waals surface area contributed by atoms with Gasteiger partial charge in [0.05, 0.1) is 12.1 Å². The second kappa shape index (κ2) is 4.07. The monoisotopic (exact) mass is 232 g/mol. The maximum absolute atomic E-state index is 12.2. The molecule has 5 heteroatoms. The van der Waals surface area contributed by atoms with Crippen molar-refractivity contribution in [2.45, 2.75) is 25.3 Å². The van der Waals surface area contributed by atoms with Crippen LogP contribution in [0.1, 0.15) is 19.3 Å². The number of rotatable bonds is 2. The number of nitrogens with two attached hydrogens (primary N) is 1. The van der Waals surface area contributed by atoms with Gasteiger partial charge in [0.1, 0.15) is 0 Å². The molecule has 1 amide bonds. The number of anilines is 1. The molecule has 4 atom stereocenters. The fourth-order valence-corrected chi connectivity index (χ4v) is 3.30. The molecule has 0 aliphatic heterocycles. The van der Waals surface area contributed by atoms with Crippen molar-refractivity contribution in [3.63, 3.8) is 0 Å². The maximum atomic E-state index is 12.2. The van der Waals surface area contributed by atoms with Crippen LogP contribution in [-0.4, -0.2) is 21.9 Å². The first-order valence-corrected chi connectivity index (χ1v) is 6.08. The lowest BCUT2D eigenvalue weighted by atomic mass is 9.84. The Bertz CT molecular complexity index is 420. The Hall–Kier alpha value is -1.49. The molecule has 0 saturated heterocycles. The fraction of sp³-hybridized carbons (Fsp3) is 0.583. The normalized spacial score (nSPS) is 34.9. The molecule has 2 aliphatic carbocycles. The van der Waals surface area contributed by atoms with E-state index in [9.17, 15) is 4.79 Å². The predicted molar refractivity (Wildman–Crippen MR) is 63.0 cm³/mol. The SMILES string of the molecule is NC1C2CCC(C2)C1C(=O)Nc1cnccn1. The number of amides is 1. The number of nitrogens with zero attached hydrogens (tertiary/aromatic N) is 2. The quantitative estimate of drug-likeness (QED) is 0.790. The molecule has 4 unspecified atom stereocenters. The zero-order chi connectivity index (χ0) is 11.8. The first-order valence-electron chi connectivity index (χ1n) is 6.08. The summed E-state index contributed by atoms with van der Waals surface area (Å²) >= 11 is 0. The van der Waals surface area contributed by atoms with E-state index in [0.717, 1.165) is 12.8 Å². The van der Waals surface area contributed by atoms with Crippen LogP contribution < -0.4 is 11.1 Å². The number of carbonyl (C=O) groups is 1. The molecule has 5 nitrogen and oxygen atoms in total. The van der Waals surface area contributed by atoms with Crippen molar-refractivity contribution in [3.8, 4) is 0 Å². The Morgan fingerprint density at radius 2 is 2.18 bits per heavy atom. The van der Waals surface area contributed by atoms with Gasteiger partial charge in [-0.1, -0.05) is 0 Å². The fourth-order valence-electron chi connectivity index (χ4n) is 3.30. The molecular formula is C12H16N4O. The van der Waals surface area contributed by atoms with Crippen LogP contribution >= 0.6 is 0 Å². The zero-order valence-corrected chi connectivity index (χ0v) is 9.54. The van der Waals surface area contributed by atoms with E-state index < -0.39 is 0 Å². The van der Waals surface area contributed by atoms with Crippen LogP contribution in [0.4, 0.5) is 5.82 Å². The molecule has 90 valence electrons. The number of nitrogens with one attached hydrogen (secondary N) is 1. The molecule has 3 N–H and O–H groups in total. The van der Waals surface area contributed by atoms with Crippen molar-refractivity contribution in [1.29, 1.82) is 0 Å². The van der Waals surface area contributed by atoms with E-state index in [1.807, 2.05) is 0 Å². The lowest BCUT2D eigenvalue weighted by Gasteiger charge is -2.26. The van der Waals surface area contributed by atoms with Crippen molar-refractivity contribution in [2.75, 3.05) is 5.32 Å². The topological polar surface area (TPSA) is 80.9 Å². The Morgan fingerprint density at radius 3 is 2.82 bits per heavy atom. The van der Waals surface area contributed by atoms with E-state index in [4.69, 9.17) is 5.73 Å². The van der Waals surface area contributed by atoms with Crippen LogP contribution in [0.15, 0.2) is 18.6 Å². The van der Waals surface area contributed by atoms with Gasteiger partial charge in [-0.15, -0.1) is 0 Å². The molecule has 2 aliphatic rings. The van der Waals surface area contributed by atoms with E-state index in [2.05, 4.69) is 15.3 Å². The number of carbonyl (C=O) groups excluding carboxylic acids is 1. The van der Waals surface area contributed by atoms with Crippen LogP contribution in [0.5, 0.6) is 0 Å². The second-order valence-corrected chi connectivity index (χ2v) is 5.02. The molecule has 17 heavy (non-hydrogen) atoms. The average Bonchev–Trinajstić information content (AvgIpc) is 2.90. The summed E-state index contributed by atoms with van der Waals surface area (Å²) in [6.07, 6.45) is 8.13. The number of hydrogen-bond donors (Lipinski definition) is 2. The Labute approximate surface area is 99.8 Å². The first-order chi connectivity index (χ1) is 8.25. The summed E-state index contributed by atoms with van der Waals surface area (Å²) in [5.74, 6) is 1.47. The minimum atomic E-state index is -0.0456. The molecule has 1 aromatic rings. The van der Waals surface area contributed by atoms with E-state index in [1.165, 1.54) is 6.42 Å². The van der Waals surface area contributed by atoms with Gasteiger partial charge in [-0.2, -0.15) is 0 Å². The molecule has 0 radical (unpaired) electrons. The van der Waals surface area contributed by atoms with Gasteiger partial charge in [-0.05, 0) is 31.1 Å². The standard InChI is InChI=1S/C12H16N4O/c13-11-8-2-1-7(5-8)10(11)12(17)16-9-6-14-3-4-15-9/h3-4,6-8,10-11H,1-2,5,13H2,(H,15,16,17). The molecule has 0 aromatic carbocycles. The summed E-state index contributed by atoms with van der Waals surface area (Å²) in [5, 5.41) is 2.81. The molecular weight excluding hydrogens is 216 g/mol. The van der Waals surface area contributed by atoms with Gasteiger partial charge < -0.3 is 11.1 Å². The van der Waals surface area contributed by atoms with E-state index in [-0.39, 0.29) is 17.9 Å². The summed E-state index contributed by atoms with van der Waals surface area (Å²) in [6.45, 7) is 0. The summed E-state index contributed by atoms with van der Waals surface area (Å²) < 4.78 is 0. The number of aromatic nitrogens is 2. The molecule has 1 aromatic heterocycles. The highest BCUT2D eigenvalue weighted by atomic mass is 16.2. The van der Waals surface area contributed by atoms with Crippen LogP contribution in [0.3, 0.4) is 0 Å². The predicted octanol–water partition coefficient (Wildman–Crippen LogP) is 0.788. The lowest BCUT2D eigenvalue weighted by Crippen LogP contribution is -2.42. The van der Waals surface area contributed by atoms with E-state index >= 15 is 0 Å². The van der Waals surface area contributed by atoms with Crippen LogP contribution in [0, 0.1) is 17.8 Å². The highest BCUT2D eigenvalue weighted by Gasteiger charge is 2.49. The smallest absolute Gasteiger partial charge is 0.230 e. The highest BCUT2D eigenvalue weighted by molar-refractivity contribution is 5.92. The number of hydrogen-bond acceptors (Lipinski definition) is 4. The molecule has 2 saturated carbocycles. The van der Waals surface area contributed by atoms with Crippen LogP contribution in [0.25, 0.3) is 0 Å². The van der Waals surface area contributed by atoms with Crippen molar-refractivity contribution < 1.29 is 4.79 Å². The lowest BCUT2D eigenvalue weighted by molar-refractivity contribution is -0.121. The van der Waals surface area contributed by atoms with Gasteiger partial charge in [-0.3, -0.25) is 9.78 Å². The molecule has 2 fully saturated rings. The van der Waals surface area contributed by atoms with Gasteiger partial charge in [0, 0.05) is 18.4 Å². The third kappa shape index (κ3) is 1.80. The van der Waals surface area contributed by atoms with Crippen molar-refractivity contribution in [3.05, 3.63) is 18.6 Å². The van der Waals surface area contributed by atoms with Crippen LogP contribution in [0.2, 0.25) is 0 Å². The zero-order valence-electron chi connectivity index (χ0n) is 9.54. The Morgan fingerprint density at radius 1 is 1.35 bits per heavy atom. The summed E-state index contributed by atoms with van der Waals surface area (Å²) in [6, 6.07) is 0.0189. The first kappa shape index (κ1) is 10.7. The Balaban J connectivity index is 1.71. The summed E-state index contributed by atoms with van der Waals surface area (Å²) in [4.78, 5) is 20.1. The van der Waals surface area contributed by atoms with Gasteiger partial charge in [0.25, 0.3) is 0 Å². The molecule has 2 bridgehead atoms.